The number of halogens is 1. The van der Waals surface area contributed by atoms with Crippen molar-refractivity contribution in [1.82, 2.24) is 10.6 Å². The molecule has 2 aromatic rings. The average Bonchev–Trinajstić information content (AvgIpc) is 2.92. The average molecular weight is 363 g/mol. The number of benzene rings is 1. The first kappa shape index (κ1) is 18.2. The lowest BCUT2D eigenvalue weighted by Crippen LogP contribution is -2.47. The van der Waals surface area contributed by atoms with Crippen LogP contribution in [0.5, 0.6) is 0 Å². The summed E-state index contributed by atoms with van der Waals surface area (Å²) in [5.74, 6) is 0.961. The number of carbonyl (C=O) groups is 1. The van der Waals surface area contributed by atoms with E-state index in [2.05, 4.69) is 10.6 Å². The number of hydrogen-bond acceptors (Lipinski definition) is 3. The van der Waals surface area contributed by atoms with Crippen LogP contribution in [-0.2, 0) is 4.79 Å². The number of furan rings is 1. The molecule has 1 aromatic carbocycles. The summed E-state index contributed by atoms with van der Waals surface area (Å²) in [4.78, 5) is 11.8. The molecule has 1 aromatic heterocycles. The van der Waals surface area contributed by atoms with Gasteiger partial charge in [-0.2, -0.15) is 0 Å². The van der Waals surface area contributed by atoms with Gasteiger partial charge in [0.15, 0.2) is 5.11 Å². The minimum atomic E-state index is -0.318. The van der Waals surface area contributed by atoms with E-state index in [0.29, 0.717) is 21.7 Å². The minimum Gasteiger partial charge on any atom is -0.457 e. The van der Waals surface area contributed by atoms with Gasteiger partial charge in [0.25, 0.3) is 0 Å². The van der Waals surface area contributed by atoms with Gasteiger partial charge >= 0.3 is 0 Å². The predicted octanol–water partition coefficient (Wildman–Crippen LogP) is 4.40. The minimum absolute atomic E-state index is 0.206. The van der Waals surface area contributed by atoms with Crippen molar-refractivity contribution in [3.8, 4) is 11.3 Å². The van der Waals surface area contributed by atoms with Crippen LogP contribution in [0, 0.1) is 0 Å². The molecule has 2 rings (SSSR count). The molecule has 0 bridgehead atoms. The van der Waals surface area contributed by atoms with Gasteiger partial charge in [0.05, 0.1) is 0 Å². The van der Waals surface area contributed by atoms with Gasteiger partial charge in [-0.25, -0.2) is 0 Å². The number of carbonyl (C=O) groups excluding carboxylic acids is 1. The maximum Gasteiger partial charge on any atom is 0.250 e. The molecule has 1 heterocycles. The van der Waals surface area contributed by atoms with Gasteiger partial charge < -0.3 is 9.73 Å². The maximum absolute atomic E-state index is 11.8. The topological polar surface area (TPSA) is 54.3 Å². The number of nitrogens with one attached hydrogen (secondary N) is 2. The Morgan fingerprint density at radius 1 is 1.17 bits per heavy atom. The molecule has 4 nitrogen and oxygen atoms in total. The van der Waals surface area contributed by atoms with Crippen molar-refractivity contribution < 1.29 is 9.21 Å². The highest BCUT2D eigenvalue weighted by atomic mass is 35.5. The normalized spacial score (nSPS) is 11.5. The number of thiocarbonyl (C=S) groups is 1. The van der Waals surface area contributed by atoms with Gasteiger partial charge in [0, 0.05) is 22.2 Å². The Morgan fingerprint density at radius 3 is 2.46 bits per heavy atom. The molecule has 2 N–H and O–H groups in total. The molecule has 0 unspecified atom stereocenters. The zero-order chi connectivity index (χ0) is 17.7. The molecule has 0 radical (unpaired) electrons. The number of rotatable bonds is 3. The SMILES string of the molecule is CC(C)(C)NC(=S)NC(=O)C=Cc1ccc(-c2ccc(Cl)cc2)o1. The van der Waals surface area contributed by atoms with Gasteiger partial charge in [0.2, 0.25) is 5.91 Å². The van der Waals surface area contributed by atoms with Crippen molar-refractivity contribution in [2.24, 2.45) is 0 Å². The van der Waals surface area contributed by atoms with Crippen LogP contribution in [0.25, 0.3) is 17.4 Å². The summed E-state index contributed by atoms with van der Waals surface area (Å²) in [5.41, 5.74) is 0.710. The van der Waals surface area contributed by atoms with Crippen molar-refractivity contribution in [2.45, 2.75) is 26.3 Å². The van der Waals surface area contributed by atoms with Gasteiger partial charge in [-0.15, -0.1) is 0 Å². The summed E-state index contributed by atoms with van der Waals surface area (Å²) >= 11 is 10.9. The summed E-state index contributed by atoms with van der Waals surface area (Å²) in [7, 11) is 0. The van der Waals surface area contributed by atoms with E-state index in [0.717, 1.165) is 5.56 Å². The zero-order valence-corrected chi connectivity index (χ0v) is 15.3. The van der Waals surface area contributed by atoms with Crippen LogP contribution in [-0.4, -0.2) is 16.6 Å². The third kappa shape index (κ3) is 5.83. The molecule has 6 heteroatoms. The lowest BCUT2D eigenvalue weighted by molar-refractivity contribution is -0.115. The third-order valence-electron chi connectivity index (χ3n) is 2.88. The van der Waals surface area contributed by atoms with Gasteiger partial charge in [0.1, 0.15) is 11.5 Å². The number of hydrogen-bond donors (Lipinski definition) is 2. The van der Waals surface area contributed by atoms with Crippen LogP contribution >= 0.6 is 23.8 Å². The quantitative estimate of drug-likeness (QED) is 0.627. The van der Waals surface area contributed by atoms with E-state index in [1.807, 2.05) is 39.0 Å². The standard InChI is InChI=1S/C18H19ClN2O2S/c1-18(2,3)21-17(24)20-16(22)11-9-14-8-10-15(23-14)12-4-6-13(19)7-5-12/h4-11H,1-3H3,(H2,20,21,22,24). The number of amides is 1. The van der Waals surface area contributed by atoms with Gasteiger partial charge in [-0.3, -0.25) is 10.1 Å². The highest BCUT2D eigenvalue weighted by Gasteiger charge is 2.12. The molecule has 126 valence electrons. The van der Waals surface area contributed by atoms with Crippen molar-refractivity contribution in [2.75, 3.05) is 0 Å². The molecule has 0 fully saturated rings. The molecule has 24 heavy (non-hydrogen) atoms. The lowest BCUT2D eigenvalue weighted by atomic mass is 10.1. The molecule has 0 saturated carbocycles. The lowest BCUT2D eigenvalue weighted by Gasteiger charge is -2.22. The Kier molecular flexibility index (Phi) is 5.80. The van der Waals surface area contributed by atoms with Gasteiger partial charge in [-0.05, 0) is 75.5 Å². The largest absolute Gasteiger partial charge is 0.457 e. The summed E-state index contributed by atoms with van der Waals surface area (Å²) in [5, 5.41) is 6.56. The Labute approximate surface area is 151 Å². The highest BCUT2D eigenvalue weighted by Crippen LogP contribution is 2.24. The van der Waals surface area contributed by atoms with E-state index in [1.54, 1.807) is 24.3 Å². The van der Waals surface area contributed by atoms with Crippen LogP contribution in [0.3, 0.4) is 0 Å². The van der Waals surface area contributed by atoms with E-state index >= 15 is 0 Å². The van der Waals surface area contributed by atoms with E-state index in [9.17, 15) is 4.79 Å². The molecule has 0 spiro atoms. The molecule has 0 saturated heterocycles. The first-order chi connectivity index (χ1) is 11.2. The first-order valence-corrected chi connectivity index (χ1v) is 8.18. The van der Waals surface area contributed by atoms with E-state index < -0.39 is 0 Å². The Bertz CT molecular complexity index is 758. The summed E-state index contributed by atoms with van der Waals surface area (Å²) < 4.78 is 5.69. The van der Waals surface area contributed by atoms with Crippen LogP contribution in [0.2, 0.25) is 5.02 Å². The molecule has 0 aliphatic carbocycles. The van der Waals surface area contributed by atoms with E-state index in [-0.39, 0.29) is 11.4 Å². The van der Waals surface area contributed by atoms with Crippen LogP contribution < -0.4 is 10.6 Å². The van der Waals surface area contributed by atoms with Crippen molar-refractivity contribution in [3.05, 3.63) is 53.3 Å². The van der Waals surface area contributed by atoms with Crippen LogP contribution in [0.4, 0.5) is 0 Å². The Balaban J connectivity index is 1.96. The van der Waals surface area contributed by atoms with Crippen LogP contribution in [0.15, 0.2) is 46.9 Å². The maximum atomic E-state index is 11.8. The molecule has 0 aliphatic rings. The Morgan fingerprint density at radius 2 is 1.83 bits per heavy atom. The zero-order valence-electron chi connectivity index (χ0n) is 13.7. The highest BCUT2D eigenvalue weighted by molar-refractivity contribution is 7.80. The van der Waals surface area contributed by atoms with Crippen molar-refractivity contribution in [3.63, 3.8) is 0 Å². The molecule has 0 aliphatic heterocycles. The summed E-state index contributed by atoms with van der Waals surface area (Å²) in [6.45, 7) is 5.88. The molecule has 0 atom stereocenters. The van der Waals surface area contributed by atoms with Gasteiger partial charge in [-0.1, -0.05) is 11.6 Å². The summed E-state index contributed by atoms with van der Waals surface area (Å²) in [6, 6.07) is 11.0. The monoisotopic (exact) mass is 362 g/mol. The fourth-order valence-electron chi connectivity index (χ4n) is 1.89. The fourth-order valence-corrected chi connectivity index (χ4v) is 2.43. The second kappa shape index (κ2) is 7.64. The molecular formula is C18H19ClN2O2S. The molecule has 1 amide bonds. The fraction of sp³-hybridized carbons (Fsp3) is 0.222. The molecular weight excluding hydrogens is 344 g/mol. The first-order valence-electron chi connectivity index (χ1n) is 7.40. The van der Waals surface area contributed by atoms with Crippen molar-refractivity contribution in [1.29, 1.82) is 0 Å². The van der Waals surface area contributed by atoms with Crippen molar-refractivity contribution >= 4 is 40.9 Å². The van der Waals surface area contributed by atoms with Crippen LogP contribution in [0.1, 0.15) is 26.5 Å². The smallest absolute Gasteiger partial charge is 0.250 e. The van der Waals surface area contributed by atoms with E-state index in [1.165, 1.54) is 6.08 Å². The summed E-state index contributed by atoms with van der Waals surface area (Å²) in [6.07, 6.45) is 2.97. The Hall–Kier alpha value is -2.11. The third-order valence-corrected chi connectivity index (χ3v) is 3.34. The second-order valence-corrected chi connectivity index (χ2v) is 7.08. The second-order valence-electron chi connectivity index (χ2n) is 6.24. The van der Waals surface area contributed by atoms with E-state index in [4.69, 9.17) is 28.2 Å². The predicted molar refractivity (Wildman–Crippen MR) is 102 cm³/mol.